The number of nitrogens with one attached hydrogen (secondary N) is 1. The number of halogens is 1. The van der Waals surface area contributed by atoms with E-state index in [4.69, 9.17) is 16.6 Å². The van der Waals surface area contributed by atoms with Crippen LogP contribution < -0.4 is 5.56 Å². The molecule has 2 heterocycles. The van der Waals surface area contributed by atoms with Gasteiger partial charge in [0, 0.05) is 29.1 Å². The number of H-pyrrole nitrogens is 1. The summed E-state index contributed by atoms with van der Waals surface area (Å²) in [4.78, 5) is 23.6. The zero-order valence-corrected chi connectivity index (χ0v) is 20.4. The lowest BCUT2D eigenvalue weighted by Crippen LogP contribution is -2.36. The van der Waals surface area contributed by atoms with E-state index in [1.807, 2.05) is 60.0 Å². The lowest BCUT2D eigenvalue weighted by Gasteiger charge is -2.26. The molecule has 1 atom stereocenters. The molecule has 4 rings (SSSR count). The van der Waals surface area contributed by atoms with Crippen LogP contribution in [0, 0.1) is 5.92 Å². The second kappa shape index (κ2) is 10.6. The predicted octanol–water partition coefficient (Wildman–Crippen LogP) is 5.37. The van der Waals surface area contributed by atoms with Crippen LogP contribution in [-0.2, 0) is 13.0 Å². The Morgan fingerprint density at radius 2 is 1.91 bits per heavy atom. The molecule has 7 heteroatoms. The average Bonchev–Trinajstić information content (AvgIpc) is 3.18. The second-order valence-corrected chi connectivity index (χ2v) is 10.1. The van der Waals surface area contributed by atoms with Crippen molar-refractivity contribution in [1.29, 1.82) is 0 Å². The summed E-state index contributed by atoms with van der Waals surface area (Å²) in [6.45, 7) is 6.07. The van der Waals surface area contributed by atoms with E-state index in [2.05, 4.69) is 23.7 Å². The maximum Gasteiger partial charge on any atom is 0.260 e. The number of aliphatic hydroxyl groups excluding tert-OH is 1. The maximum atomic E-state index is 13.0. The van der Waals surface area contributed by atoms with Gasteiger partial charge in [-0.1, -0.05) is 67.9 Å². The van der Waals surface area contributed by atoms with Gasteiger partial charge < -0.3 is 10.1 Å². The molecule has 172 valence electrons. The highest BCUT2D eigenvalue weighted by Gasteiger charge is 2.18. The molecule has 1 unspecified atom stereocenters. The van der Waals surface area contributed by atoms with Gasteiger partial charge in [0.05, 0.1) is 18.0 Å². The maximum absolute atomic E-state index is 13.0. The average molecular weight is 482 g/mol. The highest BCUT2D eigenvalue weighted by Crippen LogP contribution is 2.32. The first-order valence-corrected chi connectivity index (χ1v) is 12.4. The molecule has 2 aromatic heterocycles. The number of fused-ring (bicyclic) bond motifs is 1. The van der Waals surface area contributed by atoms with Crippen LogP contribution in [0.2, 0.25) is 5.02 Å². The van der Waals surface area contributed by atoms with Gasteiger partial charge in [-0.2, -0.15) is 0 Å². The highest BCUT2D eigenvalue weighted by molar-refractivity contribution is 7.17. The van der Waals surface area contributed by atoms with Gasteiger partial charge in [-0.25, -0.2) is 4.98 Å². The van der Waals surface area contributed by atoms with Crippen LogP contribution in [0.1, 0.15) is 25.2 Å². The van der Waals surface area contributed by atoms with E-state index in [0.29, 0.717) is 46.5 Å². The van der Waals surface area contributed by atoms with E-state index in [9.17, 15) is 9.90 Å². The van der Waals surface area contributed by atoms with Crippen molar-refractivity contribution in [2.75, 3.05) is 13.1 Å². The van der Waals surface area contributed by atoms with Crippen molar-refractivity contribution in [3.8, 4) is 11.1 Å². The molecule has 5 nitrogen and oxygen atoms in total. The Balaban J connectivity index is 1.55. The minimum absolute atomic E-state index is 0.152. The largest absolute Gasteiger partial charge is 0.391 e. The molecule has 0 spiro atoms. The summed E-state index contributed by atoms with van der Waals surface area (Å²) >= 11 is 7.60. The van der Waals surface area contributed by atoms with E-state index in [-0.39, 0.29) is 5.56 Å². The SMILES string of the molecule is CC(C)CN(Cc1nc2scc(-c3cccc(Cl)c3)c2c(=O)[nH]1)CC(O)Cc1ccccc1. The summed E-state index contributed by atoms with van der Waals surface area (Å²) in [5, 5.41) is 13.9. The minimum Gasteiger partial charge on any atom is -0.391 e. The van der Waals surface area contributed by atoms with Gasteiger partial charge >= 0.3 is 0 Å². The molecular weight excluding hydrogens is 454 g/mol. The van der Waals surface area contributed by atoms with E-state index in [0.717, 1.165) is 23.2 Å². The third-order valence-corrected chi connectivity index (χ3v) is 6.52. The van der Waals surface area contributed by atoms with Crippen LogP contribution in [-0.4, -0.2) is 39.2 Å². The smallest absolute Gasteiger partial charge is 0.260 e. The quantitative estimate of drug-likeness (QED) is 0.337. The molecule has 0 fully saturated rings. The Bertz CT molecular complexity index is 1270. The first kappa shape index (κ1) is 23.6. The van der Waals surface area contributed by atoms with Gasteiger partial charge in [-0.3, -0.25) is 9.69 Å². The lowest BCUT2D eigenvalue weighted by atomic mass is 10.1. The van der Waals surface area contributed by atoms with E-state index >= 15 is 0 Å². The summed E-state index contributed by atoms with van der Waals surface area (Å²) in [7, 11) is 0. The third-order valence-electron chi connectivity index (χ3n) is 5.41. The van der Waals surface area contributed by atoms with Crippen LogP contribution >= 0.6 is 22.9 Å². The van der Waals surface area contributed by atoms with Crippen LogP contribution in [0.5, 0.6) is 0 Å². The van der Waals surface area contributed by atoms with Crippen LogP contribution in [0.25, 0.3) is 21.3 Å². The Kier molecular flexibility index (Phi) is 7.60. The summed E-state index contributed by atoms with van der Waals surface area (Å²) in [5.74, 6) is 1.03. The van der Waals surface area contributed by atoms with Crippen molar-refractivity contribution in [1.82, 2.24) is 14.9 Å². The summed E-state index contributed by atoms with van der Waals surface area (Å²) in [6, 6.07) is 17.5. The Hall–Kier alpha value is -2.51. The topological polar surface area (TPSA) is 69.2 Å². The molecule has 0 amide bonds. The van der Waals surface area contributed by atoms with Crippen molar-refractivity contribution in [2.45, 2.75) is 32.9 Å². The van der Waals surface area contributed by atoms with Gasteiger partial charge in [-0.05, 0) is 35.6 Å². The van der Waals surface area contributed by atoms with Gasteiger partial charge in [0.2, 0.25) is 0 Å². The van der Waals surface area contributed by atoms with Gasteiger partial charge in [0.15, 0.2) is 0 Å². The molecule has 4 aromatic rings. The summed E-state index contributed by atoms with van der Waals surface area (Å²) in [5.41, 5.74) is 2.70. The molecule has 0 bridgehead atoms. The number of aliphatic hydroxyl groups is 1. The first-order valence-electron chi connectivity index (χ1n) is 11.1. The number of thiophene rings is 1. The van der Waals surface area contributed by atoms with Crippen molar-refractivity contribution in [3.05, 3.63) is 86.7 Å². The number of benzene rings is 2. The number of aromatic amines is 1. The molecule has 2 N–H and O–H groups in total. The number of hydrogen-bond donors (Lipinski definition) is 2. The highest BCUT2D eigenvalue weighted by atomic mass is 35.5. The fraction of sp³-hybridized carbons (Fsp3) is 0.308. The molecule has 0 radical (unpaired) electrons. The Morgan fingerprint density at radius 1 is 1.12 bits per heavy atom. The van der Waals surface area contributed by atoms with Crippen molar-refractivity contribution < 1.29 is 5.11 Å². The number of aromatic nitrogens is 2. The summed E-state index contributed by atoms with van der Waals surface area (Å²) < 4.78 is 0. The summed E-state index contributed by atoms with van der Waals surface area (Å²) in [6.07, 6.45) is 0.0876. The molecule has 0 aliphatic carbocycles. The molecular formula is C26H28ClN3O2S. The molecule has 0 saturated heterocycles. The van der Waals surface area contributed by atoms with Gasteiger partial charge in [-0.15, -0.1) is 11.3 Å². The second-order valence-electron chi connectivity index (χ2n) is 8.78. The Morgan fingerprint density at radius 3 is 2.64 bits per heavy atom. The van der Waals surface area contributed by atoms with Crippen molar-refractivity contribution >= 4 is 33.2 Å². The van der Waals surface area contributed by atoms with E-state index in [1.54, 1.807) is 0 Å². The van der Waals surface area contributed by atoms with Gasteiger partial charge in [0.1, 0.15) is 10.7 Å². The third kappa shape index (κ3) is 6.09. The monoisotopic (exact) mass is 481 g/mol. The zero-order chi connectivity index (χ0) is 23.4. The predicted molar refractivity (Wildman–Crippen MR) is 137 cm³/mol. The van der Waals surface area contributed by atoms with Crippen LogP contribution in [0.4, 0.5) is 0 Å². The molecule has 33 heavy (non-hydrogen) atoms. The normalized spacial score (nSPS) is 12.7. The van der Waals surface area contributed by atoms with Crippen molar-refractivity contribution in [3.63, 3.8) is 0 Å². The van der Waals surface area contributed by atoms with E-state index in [1.165, 1.54) is 11.3 Å². The van der Waals surface area contributed by atoms with Gasteiger partial charge in [0.25, 0.3) is 5.56 Å². The van der Waals surface area contributed by atoms with Crippen molar-refractivity contribution in [2.24, 2.45) is 5.92 Å². The fourth-order valence-corrected chi connectivity index (χ4v) is 5.27. The van der Waals surface area contributed by atoms with Crippen LogP contribution in [0.15, 0.2) is 64.8 Å². The zero-order valence-electron chi connectivity index (χ0n) is 18.8. The standard InChI is InChI=1S/C26H28ClN3O2S/c1-17(2)13-30(14-21(31)11-18-7-4-3-5-8-18)15-23-28-25(32)24-22(16-33-26(24)29-23)19-9-6-10-20(27)12-19/h3-10,12,16-17,21,31H,11,13-15H2,1-2H3,(H,28,29,32). The lowest BCUT2D eigenvalue weighted by molar-refractivity contribution is 0.100. The van der Waals surface area contributed by atoms with Crippen LogP contribution in [0.3, 0.4) is 0 Å². The van der Waals surface area contributed by atoms with E-state index < -0.39 is 6.10 Å². The molecule has 0 aliphatic heterocycles. The fourth-order valence-electron chi connectivity index (χ4n) is 4.12. The molecule has 0 aliphatic rings. The Labute approximate surface area is 202 Å². The first-order chi connectivity index (χ1) is 15.9. The molecule has 0 saturated carbocycles. The number of hydrogen-bond acceptors (Lipinski definition) is 5. The molecule has 2 aromatic carbocycles. The number of rotatable bonds is 9. The number of nitrogens with zero attached hydrogens (tertiary/aromatic N) is 2. The minimum atomic E-state index is -0.502.